The molecule has 4 nitrogen and oxygen atoms in total. The largest absolute Gasteiger partial charge is 0.491 e. The van der Waals surface area contributed by atoms with Crippen LogP contribution in [0.1, 0.15) is 0 Å². The number of benzene rings is 1. The maximum absolute atomic E-state index is 8.53. The van der Waals surface area contributed by atoms with Gasteiger partial charge in [-0.25, -0.2) is 0 Å². The van der Waals surface area contributed by atoms with Gasteiger partial charge in [0.2, 0.25) is 0 Å². The molecule has 0 aliphatic heterocycles. The zero-order valence-corrected chi connectivity index (χ0v) is 7.49. The molecule has 0 saturated carbocycles. The Labute approximate surface area is 77.1 Å². The van der Waals surface area contributed by atoms with Crippen LogP contribution in [0.15, 0.2) is 24.3 Å². The molecule has 0 aromatic heterocycles. The number of methoxy groups -OCH3 is 1. The summed E-state index contributed by atoms with van der Waals surface area (Å²) in [6.45, 7) is 1.10. The van der Waals surface area contributed by atoms with Crippen molar-refractivity contribution in [1.29, 1.82) is 0 Å². The molecule has 0 atom stereocenters. The molecular weight excluding hydrogens is 170 g/mol. The van der Waals surface area contributed by atoms with Gasteiger partial charge in [0, 0.05) is 7.11 Å². The molecule has 1 aromatic rings. The minimum atomic E-state index is 0.530. The van der Waals surface area contributed by atoms with Gasteiger partial charge in [-0.15, -0.1) is 0 Å². The molecule has 72 valence electrons. The van der Waals surface area contributed by atoms with Crippen LogP contribution in [-0.2, 0) is 4.74 Å². The molecule has 0 fully saturated rings. The van der Waals surface area contributed by atoms with E-state index >= 15 is 0 Å². The van der Waals surface area contributed by atoms with Gasteiger partial charge in [0.15, 0.2) is 0 Å². The van der Waals surface area contributed by atoms with E-state index in [0.29, 0.717) is 18.9 Å². The molecule has 0 radical (unpaired) electrons. The average Bonchev–Trinajstić information content (AvgIpc) is 2.19. The molecule has 0 aliphatic rings. The van der Waals surface area contributed by atoms with Crippen LogP contribution in [0.4, 0.5) is 5.69 Å². The molecule has 4 heteroatoms. The fourth-order valence-corrected chi connectivity index (χ4v) is 0.869. The van der Waals surface area contributed by atoms with Crippen molar-refractivity contribution in [1.82, 2.24) is 0 Å². The summed E-state index contributed by atoms with van der Waals surface area (Å²) in [6, 6.07) is 6.99. The van der Waals surface area contributed by atoms with Gasteiger partial charge in [-0.1, -0.05) is 0 Å². The van der Waals surface area contributed by atoms with E-state index in [1.807, 2.05) is 5.48 Å². The second-order valence-corrected chi connectivity index (χ2v) is 2.48. The van der Waals surface area contributed by atoms with Crippen LogP contribution in [0.5, 0.6) is 5.75 Å². The van der Waals surface area contributed by atoms with Gasteiger partial charge in [0.25, 0.3) is 0 Å². The molecule has 0 bridgehead atoms. The Morgan fingerprint density at radius 3 is 2.46 bits per heavy atom. The third-order valence-corrected chi connectivity index (χ3v) is 1.54. The molecule has 0 heterocycles. The van der Waals surface area contributed by atoms with E-state index in [2.05, 4.69) is 0 Å². The van der Waals surface area contributed by atoms with E-state index in [0.717, 1.165) is 5.75 Å². The first-order valence-electron chi connectivity index (χ1n) is 3.98. The lowest BCUT2D eigenvalue weighted by atomic mass is 10.3. The van der Waals surface area contributed by atoms with Crippen LogP contribution in [0.25, 0.3) is 0 Å². The quantitative estimate of drug-likeness (QED) is 0.536. The van der Waals surface area contributed by atoms with Crippen molar-refractivity contribution in [2.45, 2.75) is 0 Å². The third-order valence-electron chi connectivity index (χ3n) is 1.54. The zero-order chi connectivity index (χ0) is 9.52. The average molecular weight is 183 g/mol. The molecule has 0 unspecified atom stereocenters. The first kappa shape index (κ1) is 9.83. The van der Waals surface area contributed by atoms with Crippen LogP contribution in [0.3, 0.4) is 0 Å². The Hall–Kier alpha value is -1.26. The second kappa shape index (κ2) is 5.40. The number of rotatable bonds is 5. The van der Waals surface area contributed by atoms with Crippen LogP contribution in [-0.4, -0.2) is 25.5 Å². The standard InChI is InChI=1S/C9H13NO3/c1-12-6-7-13-9-4-2-8(10-11)3-5-9/h2-5,10-11H,6-7H2,1H3. The van der Waals surface area contributed by atoms with Crippen molar-refractivity contribution in [3.8, 4) is 5.75 Å². The van der Waals surface area contributed by atoms with E-state index in [1.165, 1.54) is 0 Å². The monoisotopic (exact) mass is 183 g/mol. The van der Waals surface area contributed by atoms with E-state index in [4.69, 9.17) is 14.7 Å². The van der Waals surface area contributed by atoms with Crippen molar-refractivity contribution in [2.75, 3.05) is 25.8 Å². The third kappa shape index (κ3) is 3.31. The summed E-state index contributed by atoms with van der Waals surface area (Å²) >= 11 is 0. The van der Waals surface area contributed by atoms with Crippen molar-refractivity contribution in [2.24, 2.45) is 0 Å². The van der Waals surface area contributed by atoms with Crippen LogP contribution < -0.4 is 10.2 Å². The maximum atomic E-state index is 8.53. The summed E-state index contributed by atoms with van der Waals surface area (Å²) in [4.78, 5) is 0. The number of hydrogen-bond acceptors (Lipinski definition) is 4. The Morgan fingerprint density at radius 2 is 1.92 bits per heavy atom. The molecule has 2 N–H and O–H groups in total. The number of nitrogens with one attached hydrogen (secondary N) is 1. The highest BCUT2D eigenvalue weighted by atomic mass is 16.5. The maximum Gasteiger partial charge on any atom is 0.119 e. The molecule has 0 aliphatic carbocycles. The highest BCUT2D eigenvalue weighted by Gasteiger charge is 1.93. The summed E-state index contributed by atoms with van der Waals surface area (Å²) in [5, 5.41) is 8.53. The van der Waals surface area contributed by atoms with E-state index in [-0.39, 0.29) is 0 Å². The second-order valence-electron chi connectivity index (χ2n) is 2.48. The zero-order valence-electron chi connectivity index (χ0n) is 7.49. The van der Waals surface area contributed by atoms with Gasteiger partial charge in [-0.2, -0.15) is 0 Å². The van der Waals surface area contributed by atoms with Crippen LogP contribution in [0, 0.1) is 0 Å². The number of anilines is 1. The highest BCUT2D eigenvalue weighted by molar-refractivity contribution is 5.44. The fourth-order valence-electron chi connectivity index (χ4n) is 0.869. The highest BCUT2D eigenvalue weighted by Crippen LogP contribution is 2.14. The topological polar surface area (TPSA) is 50.7 Å². The Bertz CT molecular complexity index is 235. The molecule has 1 rings (SSSR count). The van der Waals surface area contributed by atoms with Crippen molar-refractivity contribution < 1.29 is 14.7 Å². The van der Waals surface area contributed by atoms with Crippen molar-refractivity contribution in [3.05, 3.63) is 24.3 Å². The van der Waals surface area contributed by atoms with Crippen molar-refractivity contribution >= 4 is 5.69 Å². The van der Waals surface area contributed by atoms with Gasteiger partial charge in [-0.05, 0) is 24.3 Å². The fraction of sp³-hybridized carbons (Fsp3) is 0.333. The van der Waals surface area contributed by atoms with E-state index in [9.17, 15) is 0 Å². The molecule has 13 heavy (non-hydrogen) atoms. The SMILES string of the molecule is COCCOc1ccc(NO)cc1. The van der Waals surface area contributed by atoms with Gasteiger partial charge in [-0.3, -0.25) is 10.7 Å². The summed E-state index contributed by atoms with van der Waals surface area (Å²) in [5.41, 5.74) is 2.68. The van der Waals surface area contributed by atoms with Gasteiger partial charge >= 0.3 is 0 Å². The molecule has 0 spiro atoms. The smallest absolute Gasteiger partial charge is 0.119 e. The first-order valence-corrected chi connectivity index (χ1v) is 3.98. The predicted molar refractivity (Wildman–Crippen MR) is 49.2 cm³/mol. The lowest BCUT2D eigenvalue weighted by molar-refractivity contribution is 0.146. The first-order chi connectivity index (χ1) is 6.36. The minimum Gasteiger partial charge on any atom is -0.491 e. The molecule has 0 amide bonds. The lowest BCUT2D eigenvalue weighted by Crippen LogP contribution is -2.04. The number of ether oxygens (including phenoxy) is 2. The minimum absolute atomic E-state index is 0.530. The number of hydrogen-bond donors (Lipinski definition) is 2. The summed E-state index contributed by atoms with van der Waals surface area (Å²) < 4.78 is 10.1. The molecule has 1 aromatic carbocycles. The van der Waals surface area contributed by atoms with Gasteiger partial charge in [0.05, 0.1) is 12.3 Å². The van der Waals surface area contributed by atoms with Gasteiger partial charge in [0.1, 0.15) is 12.4 Å². The summed E-state index contributed by atoms with van der Waals surface area (Å²) in [5.74, 6) is 0.760. The van der Waals surface area contributed by atoms with Crippen LogP contribution in [0.2, 0.25) is 0 Å². The summed E-state index contributed by atoms with van der Waals surface area (Å²) in [6.07, 6.45) is 0. The predicted octanol–water partition coefficient (Wildman–Crippen LogP) is 1.51. The Kier molecular flexibility index (Phi) is 4.08. The van der Waals surface area contributed by atoms with Crippen molar-refractivity contribution in [3.63, 3.8) is 0 Å². The Morgan fingerprint density at radius 1 is 1.23 bits per heavy atom. The van der Waals surface area contributed by atoms with Gasteiger partial charge < -0.3 is 9.47 Å². The van der Waals surface area contributed by atoms with E-state index < -0.39 is 0 Å². The summed E-state index contributed by atoms with van der Waals surface area (Å²) in [7, 11) is 1.63. The van der Waals surface area contributed by atoms with Crippen LogP contribution >= 0.6 is 0 Å². The van der Waals surface area contributed by atoms with E-state index in [1.54, 1.807) is 31.4 Å². The molecular formula is C9H13NO3. The Balaban J connectivity index is 2.40. The lowest BCUT2D eigenvalue weighted by Gasteiger charge is -2.05. The normalized spacial score (nSPS) is 9.69. The molecule has 0 saturated heterocycles.